The van der Waals surface area contributed by atoms with E-state index in [1.54, 1.807) is 55.6 Å². The predicted octanol–water partition coefficient (Wildman–Crippen LogP) is 8.41. The number of amides is 3. The van der Waals surface area contributed by atoms with Gasteiger partial charge in [0.2, 0.25) is 25.1 Å². The quantitative estimate of drug-likeness (QED) is 0.101. The van der Waals surface area contributed by atoms with Gasteiger partial charge >= 0.3 is 6.18 Å². The average molecular weight is 899 g/mol. The molecule has 3 aliphatic rings. The lowest BCUT2D eigenvalue weighted by Crippen LogP contribution is -2.55. The van der Waals surface area contributed by atoms with Crippen LogP contribution < -0.4 is 25.4 Å². The Morgan fingerprint density at radius 2 is 1.79 bits per heavy atom. The fourth-order valence-corrected chi connectivity index (χ4v) is 12.0. The van der Waals surface area contributed by atoms with E-state index in [-0.39, 0.29) is 37.5 Å². The van der Waals surface area contributed by atoms with Crippen LogP contribution in [0.5, 0.6) is 11.5 Å². The Kier molecular flexibility index (Phi) is 13.8. The van der Waals surface area contributed by atoms with Gasteiger partial charge in [0.05, 0.1) is 37.4 Å². The van der Waals surface area contributed by atoms with Crippen LogP contribution in [0.25, 0.3) is 22.3 Å². The Labute approximate surface area is 363 Å². The molecule has 2 aromatic heterocycles. The van der Waals surface area contributed by atoms with Gasteiger partial charge in [-0.2, -0.15) is 13.2 Å². The number of hydrogen-bond donors (Lipinski definition) is 4. The lowest BCUT2D eigenvalue weighted by atomic mass is 10.0. The molecule has 2 aromatic carbocycles. The number of aromatic nitrogens is 2. The summed E-state index contributed by atoms with van der Waals surface area (Å²) in [4.78, 5) is 65.1. The lowest BCUT2D eigenvalue weighted by molar-refractivity contribution is -0.146. The zero-order valence-electron chi connectivity index (χ0n) is 35.1. The number of anilines is 1. The summed E-state index contributed by atoms with van der Waals surface area (Å²) >= 11 is 1.43. The number of nitrogens with zero attached hydrogens (tertiary/aromatic N) is 3. The number of thiazole rings is 1. The third-order valence-electron chi connectivity index (χ3n) is 11.9. The van der Waals surface area contributed by atoms with Crippen molar-refractivity contribution in [1.29, 1.82) is 0 Å². The minimum atomic E-state index is -4.57. The first-order chi connectivity index (χ1) is 29.5. The molecule has 18 heteroatoms. The number of halogens is 3. The van der Waals surface area contributed by atoms with Gasteiger partial charge in [0.1, 0.15) is 40.7 Å². The summed E-state index contributed by atoms with van der Waals surface area (Å²) in [6, 6.07) is 13.8. The van der Waals surface area contributed by atoms with Crippen LogP contribution in [0.3, 0.4) is 0 Å². The topological polar surface area (TPSA) is 172 Å². The summed E-state index contributed by atoms with van der Waals surface area (Å²) in [7, 11) is -2.54. The highest BCUT2D eigenvalue weighted by Crippen LogP contribution is 2.71. The van der Waals surface area contributed by atoms with Gasteiger partial charge in [0.25, 0.3) is 0 Å². The van der Waals surface area contributed by atoms with E-state index in [9.17, 15) is 37.0 Å². The summed E-state index contributed by atoms with van der Waals surface area (Å²) in [5.74, 6) is -1.49. The maximum atomic E-state index is 14.7. The molecule has 2 aliphatic heterocycles. The first-order valence-electron chi connectivity index (χ1n) is 21.3. The molecule has 1 saturated carbocycles. The zero-order chi connectivity index (χ0) is 44.2. The number of methoxy groups -OCH3 is 1. The third kappa shape index (κ3) is 10.7. The van der Waals surface area contributed by atoms with Crippen molar-refractivity contribution in [3.8, 4) is 22.9 Å². The van der Waals surface area contributed by atoms with Crippen molar-refractivity contribution < 1.29 is 46.5 Å². The van der Waals surface area contributed by atoms with Crippen LogP contribution in [0.4, 0.5) is 18.3 Å². The predicted molar refractivity (Wildman–Crippen MR) is 231 cm³/mol. The van der Waals surface area contributed by atoms with Crippen LogP contribution in [0.2, 0.25) is 0 Å². The summed E-state index contributed by atoms with van der Waals surface area (Å²) < 4.78 is 66.1. The Morgan fingerprint density at radius 1 is 1.05 bits per heavy atom. The summed E-state index contributed by atoms with van der Waals surface area (Å²) in [6.07, 6.45) is -3.04. The van der Waals surface area contributed by atoms with Gasteiger partial charge in [-0.15, -0.1) is 11.3 Å². The molecule has 4 N–H and O–H groups in total. The Bertz CT molecular complexity index is 2300. The van der Waals surface area contributed by atoms with Crippen LogP contribution in [0.15, 0.2) is 60.0 Å². The SMILES string of the molecule is COc1ccc2c(O[C@@H]3C[C@H]4C(=O)N[C@]5(P(=O)(O)Cc6ccccc6)C[C@H]5CCCCCCCC(NC(=O)CCC(F)(F)F)C(=O)N4C3)cc(-c3csc(NC(C)C)n3)nc2c1. The van der Waals surface area contributed by atoms with Crippen molar-refractivity contribution in [1.82, 2.24) is 25.5 Å². The number of alkyl halides is 3. The van der Waals surface area contributed by atoms with Crippen LogP contribution in [-0.4, -0.2) is 86.8 Å². The zero-order valence-corrected chi connectivity index (χ0v) is 36.8. The van der Waals surface area contributed by atoms with Crippen molar-refractivity contribution in [2.45, 2.75) is 126 Å². The van der Waals surface area contributed by atoms with Crippen LogP contribution in [-0.2, 0) is 25.1 Å². The van der Waals surface area contributed by atoms with Gasteiger partial charge in [-0.05, 0) is 56.7 Å². The normalized spacial score (nSPS) is 24.5. The second-order valence-corrected chi connectivity index (χ2v) is 20.3. The van der Waals surface area contributed by atoms with E-state index in [0.29, 0.717) is 70.2 Å². The van der Waals surface area contributed by atoms with Crippen molar-refractivity contribution in [3.05, 3.63) is 65.5 Å². The number of hydrogen-bond acceptors (Lipinski definition) is 10. The van der Waals surface area contributed by atoms with E-state index < -0.39 is 67.6 Å². The van der Waals surface area contributed by atoms with Gasteiger partial charge in [0, 0.05) is 41.8 Å². The summed E-state index contributed by atoms with van der Waals surface area (Å²) in [5.41, 5.74) is 2.31. The molecular weight excluding hydrogens is 845 g/mol. The standard InChI is InChI=1S/C44H54F3N6O7PS/c1-27(2)48-42-51-36(26-62-42)35-22-38(32-17-16-30(59-3)20-34(32)49-35)60-31-21-37-40(55)52-43(61(57,58)25-28-12-8-7-9-13-28)23-29(43)14-10-5-4-6-11-15-33(41(56)53(37)24-31)50-39(54)18-19-44(45,46)47/h7-9,12-13,16-17,20,22,26-27,29,31,33,37H,4-6,10-11,14-15,18-19,21,23-25H2,1-3H3,(H,48,51)(H,50,54)(H,52,55)(H,57,58)/t29-,31-,33?,37+,43+/m1/s1. The monoisotopic (exact) mass is 898 g/mol. The van der Waals surface area contributed by atoms with E-state index in [1.807, 2.05) is 25.3 Å². The Balaban J connectivity index is 1.23. The number of rotatable bonds is 12. The van der Waals surface area contributed by atoms with E-state index >= 15 is 0 Å². The van der Waals surface area contributed by atoms with Gasteiger partial charge in [-0.25, -0.2) is 9.97 Å². The number of pyridine rings is 1. The Morgan fingerprint density at radius 3 is 2.52 bits per heavy atom. The van der Waals surface area contributed by atoms with Gasteiger partial charge in [-0.1, -0.05) is 62.4 Å². The largest absolute Gasteiger partial charge is 0.497 e. The smallest absolute Gasteiger partial charge is 0.389 e. The van der Waals surface area contributed by atoms with Crippen molar-refractivity contribution in [3.63, 3.8) is 0 Å². The summed E-state index contributed by atoms with van der Waals surface area (Å²) in [5, 5.41) is 10.7. The van der Waals surface area contributed by atoms with Crippen molar-refractivity contribution in [2.75, 3.05) is 19.0 Å². The highest BCUT2D eigenvalue weighted by molar-refractivity contribution is 7.59. The van der Waals surface area contributed by atoms with E-state index in [4.69, 9.17) is 19.4 Å². The number of carbonyl (C=O) groups is 3. The lowest BCUT2D eigenvalue weighted by Gasteiger charge is -2.31. The van der Waals surface area contributed by atoms with Crippen molar-refractivity contribution in [2.24, 2.45) is 5.92 Å². The highest BCUT2D eigenvalue weighted by Gasteiger charge is 2.66. The second kappa shape index (κ2) is 18.9. The molecule has 1 aliphatic carbocycles. The minimum Gasteiger partial charge on any atom is -0.497 e. The molecule has 3 amide bonds. The molecule has 4 aromatic rings. The maximum Gasteiger partial charge on any atom is 0.389 e. The summed E-state index contributed by atoms with van der Waals surface area (Å²) in [6.45, 7) is 3.90. The minimum absolute atomic E-state index is 0.0179. The van der Waals surface area contributed by atoms with Gasteiger partial charge in [-0.3, -0.25) is 18.9 Å². The molecule has 2 unspecified atom stereocenters. The van der Waals surface area contributed by atoms with Crippen LogP contribution in [0.1, 0.15) is 90.0 Å². The molecule has 6 atom stereocenters. The molecule has 0 bridgehead atoms. The second-order valence-electron chi connectivity index (χ2n) is 16.9. The third-order valence-corrected chi connectivity index (χ3v) is 15.4. The Hall–Kier alpha value is -4.73. The first-order valence-corrected chi connectivity index (χ1v) is 24.0. The number of fused-ring (bicyclic) bond motifs is 3. The number of benzene rings is 2. The molecule has 13 nitrogen and oxygen atoms in total. The maximum absolute atomic E-state index is 14.7. The number of nitrogens with one attached hydrogen (secondary N) is 3. The number of ether oxygens (including phenoxy) is 2. The number of carbonyl (C=O) groups excluding carboxylic acids is 3. The van der Waals surface area contributed by atoms with Crippen molar-refractivity contribution >= 4 is 52.5 Å². The molecular formula is C44H54F3N6O7PS. The van der Waals surface area contributed by atoms with E-state index in [0.717, 1.165) is 19.3 Å². The molecule has 334 valence electrons. The highest BCUT2D eigenvalue weighted by atomic mass is 32.1. The molecule has 0 radical (unpaired) electrons. The van der Waals surface area contributed by atoms with Crippen LogP contribution >= 0.6 is 18.7 Å². The van der Waals surface area contributed by atoms with Gasteiger partial charge in [0.15, 0.2) is 5.13 Å². The fourth-order valence-electron chi connectivity index (χ4n) is 8.63. The molecule has 7 rings (SSSR count). The average Bonchev–Trinajstić information content (AvgIpc) is 3.49. The van der Waals surface area contributed by atoms with Gasteiger partial charge < -0.3 is 35.2 Å². The van der Waals surface area contributed by atoms with Crippen LogP contribution in [0, 0.1) is 5.92 Å². The molecule has 62 heavy (non-hydrogen) atoms. The van der Waals surface area contributed by atoms with E-state index in [2.05, 4.69) is 16.0 Å². The molecule has 4 heterocycles. The molecule has 2 saturated heterocycles. The fraction of sp³-hybridized carbons (Fsp3) is 0.523. The van der Waals surface area contributed by atoms with E-state index in [1.165, 1.54) is 16.2 Å². The molecule has 3 fully saturated rings. The molecule has 0 spiro atoms. The first kappa shape index (κ1) is 45.3.